The number of carbonyl (C=O) groups excluding carboxylic acids is 1. The molecule has 0 spiro atoms. The van der Waals surface area contributed by atoms with Crippen molar-refractivity contribution in [2.24, 2.45) is 11.8 Å². The number of esters is 1. The van der Waals surface area contributed by atoms with Gasteiger partial charge in [-0.1, -0.05) is 65.2 Å². The van der Waals surface area contributed by atoms with Crippen LogP contribution in [0.15, 0.2) is 0 Å². The molecule has 1 aliphatic carbocycles. The second-order valence-electron chi connectivity index (χ2n) is 10.9. The zero-order chi connectivity index (χ0) is 30.3. The topological polar surface area (TPSA) is 26.3 Å². The highest BCUT2D eigenvalue weighted by atomic mass is 19.2. The third kappa shape index (κ3) is 7.41. The van der Waals surface area contributed by atoms with E-state index in [2.05, 4.69) is 11.7 Å². The highest BCUT2D eigenvalue weighted by Gasteiger charge is 2.36. The van der Waals surface area contributed by atoms with Gasteiger partial charge in [-0.15, -0.1) is 0 Å². The van der Waals surface area contributed by atoms with Crippen LogP contribution in [0.1, 0.15) is 103 Å². The Morgan fingerprint density at radius 3 is 1.59 bits per heavy atom. The molecule has 228 valence electrons. The Labute approximate surface area is 235 Å². The second kappa shape index (κ2) is 15.0. The Morgan fingerprint density at radius 2 is 1.07 bits per heavy atom. The van der Waals surface area contributed by atoms with Crippen molar-refractivity contribution in [1.82, 2.24) is 0 Å². The van der Waals surface area contributed by atoms with Gasteiger partial charge in [0.2, 0.25) is 17.4 Å². The molecular weight excluding hydrogens is 556 g/mol. The minimum atomic E-state index is -2.35. The van der Waals surface area contributed by atoms with Crippen LogP contribution >= 0.6 is 0 Å². The molecular formula is C31H36F8O2. The summed E-state index contributed by atoms with van der Waals surface area (Å²) >= 11 is 0. The van der Waals surface area contributed by atoms with Crippen LogP contribution in [0.3, 0.4) is 0 Å². The third-order valence-corrected chi connectivity index (χ3v) is 7.96. The lowest BCUT2D eigenvalue weighted by molar-refractivity contribution is -0.140. The van der Waals surface area contributed by atoms with Gasteiger partial charge in [0.15, 0.2) is 34.9 Å². The van der Waals surface area contributed by atoms with E-state index in [-0.39, 0.29) is 12.8 Å². The summed E-state index contributed by atoms with van der Waals surface area (Å²) in [5, 5.41) is 0. The number of halogens is 8. The molecule has 0 N–H and O–H groups in total. The van der Waals surface area contributed by atoms with Crippen molar-refractivity contribution in [3.05, 3.63) is 52.1 Å². The van der Waals surface area contributed by atoms with Crippen LogP contribution in [0.4, 0.5) is 35.1 Å². The molecule has 3 rings (SSSR count). The Balaban J connectivity index is 1.86. The number of hydrogen-bond donors (Lipinski definition) is 0. The Kier molecular flexibility index (Phi) is 12.0. The zero-order valence-electron chi connectivity index (χ0n) is 23.4. The fourth-order valence-electron chi connectivity index (χ4n) is 5.48. The van der Waals surface area contributed by atoms with Gasteiger partial charge < -0.3 is 4.74 Å². The molecule has 2 aromatic carbocycles. The first-order valence-corrected chi connectivity index (χ1v) is 14.5. The molecule has 2 aromatic rings. The standard InChI is InChI=1S/C31H36F8O2/c1-3-5-7-8-9-10-12-19-22(32)24(34)20(25(35)23(19)33)21-26(36)28(38)30(29(39)27(21)37)41-31(40)18-15-13-17(14-16-18)11-6-4-2/h17-18H,3-16H2,1-2H3/t17-,18-. The van der Waals surface area contributed by atoms with Gasteiger partial charge in [0.1, 0.15) is 0 Å². The van der Waals surface area contributed by atoms with Crippen LogP contribution in [0.2, 0.25) is 0 Å². The summed E-state index contributed by atoms with van der Waals surface area (Å²) in [6.07, 6.45) is 8.99. The lowest BCUT2D eigenvalue weighted by atomic mass is 9.80. The first-order valence-electron chi connectivity index (χ1n) is 14.5. The largest absolute Gasteiger partial charge is 0.420 e. The van der Waals surface area contributed by atoms with Gasteiger partial charge in [-0.3, -0.25) is 4.79 Å². The Bertz CT molecular complexity index is 1160. The van der Waals surface area contributed by atoms with E-state index in [9.17, 15) is 39.9 Å². The first-order chi connectivity index (χ1) is 19.5. The molecule has 10 heteroatoms. The monoisotopic (exact) mass is 592 g/mol. The van der Waals surface area contributed by atoms with Crippen molar-refractivity contribution in [3.8, 4) is 16.9 Å². The highest BCUT2D eigenvalue weighted by Crippen LogP contribution is 2.41. The van der Waals surface area contributed by atoms with Crippen LogP contribution in [0, 0.1) is 58.4 Å². The smallest absolute Gasteiger partial charge is 0.314 e. The number of rotatable bonds is 13. The molecule has 0 aliphatic heterocycles. The van der Waals surface area contributed by atoms with E-state index in [4.69, 9.17) is 0 Å². The molecule has 0 bridgehead atoms. The third-order valence-electron chi connectivity index (χ3n) is 7.96. The van der Waals surface area contributed by atoms with E-state index >= 15 is 0 Å². The van der Waals surface area contributed by atoms with Crippen LogP contribution < -0.4 is 4.74 Å². The quantitative estimate of drug-likeness (QED) is 0.0761. The maximum absolute atomic E-state index is 15.0. The van der Waals surface area contributed by atoms with Gasteiger partial charge in [0, 0.05) is 5.56 Å². The van der Waals surface area contributed by atoms with E-state index < -0.39 is 80.9 Å². The molecule has 0 unspecified atom stereocenters. The summed E-state index contributed by atoms with van der Waals surface area (Å²) < 4.78 is 124. The normalized spacial score (nSPS) is 17.2. The predicted octanol–water partition coefficient (Wildman–Crippen LogP) is 10.3. The van der Waals surface area contributed by atoms with Crippen molar-refractivity contribution >= 4 is 5.97 Å². The van der Waals surface area contributed by atoms with Gasteiger partial charge in [0.25, 0.3) is 0 Å². The van der Waals surface area contributed by atoms with Crippen LogP contribution in [0.5, 0.6) is 5.75 Å². The summed E-state index contributed by atoms with van der Waals surface area (Å²) in [6, 6.07) is 0. The van der Waals surface area contributed by atoms with Crippen molar-refractivity contribution in [2.45, 2.75) is 104 Å². The van der Waals surface area contributed by atoms with Gasteiger partial charge in [0.05, 0.1) is 17.0 Å². The maximum atomic E-state index is 15.0. The van der Waals surface area contributed by atoms with Crippen molar-refractivity contribution < 1.29 is 44.7 Å². The molecule has 0 atom stereocenters. The van der Waals surface area contributed by atoms with E-state index in [1.54, 1.807) is 0 Å². The number of hydrogen-bond acceptors (Lipinski definition) is 2. The number of ether oxygens (including phenoxy) is 1. The van der Waals surface area contributed by atoms with Gasteiger partial charge >= 0.3 is 5.97 Å². The molecule has 0 saturated heterocycles. The molecule has 2 nitrogen and oxygen atoms in total. The van der Waals surface area contributed by atoms with E-state index in [1.165, 1.54) is 0 Å². The first kappa shape index (κ1) is 32.9. The number of carbonyl (C=O) groups is 1. The average molecular weight is 593 g/mol. The van der Waals surface area contributed by atoms with Crippen molar-refractivity contribution in [3.63, 3.8) is 0 Å². The predicted molar refractivity (Wildman–Crippen MR) is 139 cm³/mol. The fourth-order valence-corrected chi connectivity index (χ4v) is 5.48. The summed E-state index contributed by atoms with van der Waals surface area (Å²) in [7, 11) is 0. The van der Waals surface area contributed by atoms with E-state index in [0.29, 0.717) is 38.0 Å². The Hall–Kier alpha value is -2.65. The Morgan fingerprint density at radius 1 is 0.610 bits per heavy atom. The highest BCUT2D eigenvalue weighted by molar-refractivity contribution is 5.76. The average Bonchev–Trinajstić information content (AvgIpc) is 2.97. The molecule has 1 aliphatic rings. The van der Waals surface area contributed by atoms with Gasteiger partial charge in [-0.05, 0) is 44.4 Å². The van der Waals surface area contributed by atoms with Crippen LogP contribution in [-0.4, -0.2) is 5.97 Å². The molecule has 41 heavy (non-hydrogen) atoms. The van der Waals surface area contributed by atoms with Crippen molar-refractivity contribution in [2.75, 3.05) is 0 Å². The van der Waals surface area contributed by atoms with Gasteiger partial charge in [-0.25, -0.2) is 26.3 Å². The molecule has 1 fully saturated rings. The lowest BCUT2D eigenvalue weighted by Crippen LogP contribution is -2.26. The van der Waals surface area contributed by atoms with Crippen molar-refractivity contribution in [1.29, 1.82) is 0 Å². The minimum absolute atomic E-state index is 0.197. The number of benzene rings is 2. The molecule has 0 heterocycles. The lowest BCUT2D eigenvalue weighted by Gasteiger charge is -2.27. The molecule has 1 saturated carbocycles. The molecule has 0 aromatic heterocycles. The van der Waals surface area contributed by atoms with E-state index in [1.807, 2.05) is 6.92 Å². The maximum Gasteiger partial charge on any atom is 0.314 e. The summed E-state index contributed by atoms with van der Waals surface area (Å²) in [5.41, 5.74) is -4.87. The summed E-state index contributed by atoms with van der Waals surface area (Å²) in [5.74, 6) is -20.6. The minimum Gasteiger partial charge on any atom is -0.420 e. The van der Waals surface area contributed by atoms with Crippen LogP contribution in [-0.2, 0) is 11.2 Å². The second-order valence-corrected chi connectivity index (χ2v) is 10.9. The molecule has 0 amide bonds. The van der Waals surface area contributed by atoms with Crippen LogP contribution in [0.25, 0.3) is 11.1 Å². The molecule has 0 radical (unpaired) electrons. The zero-order valence-corrected chi connectivity index (χ0v) is 23.4. The summed E-state index contributed by atoms with van der Waals surface area (Å²) in [6.45, 7) is 4.06. The summed E-state index contributed by atoms with van der Waals surface area (Å²) in [4.78, 5) is 12.5. The number of unbranched alkanes of at least 4 members (excludes halogenated alkanes) is 6. The SMILES string of the molecule is CCCCCCCCc1c(F)c(F)c(-c2c(F)c(F)c(OC(=O)[C@H]3CC[C@H](CCCC)CC3)c(F)c2F)c(F)c1F. The van der Waals surface area contributed by atoms with E-state index in [0.717, 1.165) is 44.9 Å². The fraction of sp³-hybridized carbons (Fsp3) is 0.581. The van der Waals surface area contributed by atoms with Gasteiger partial charge in [-0.2, -0.15) is 8.78 Å².